The van der Waals surface area contributed by atoms with Crippen molar-refractivity contribution in [2.24, 2.45) is 17.8 Å². The highest BCUT2D eigenvalue weighted by Gasteiger charge is 2.34. The SMILES string of the molecule is C/C1=C\[C@@H](C)COC(=O)C(C(C)C)NC(=O)C(Cc2ccc(O)cc2)N(C)C(=O)[C@H](C)NC(=O)[C@H](C)C1. The Morgan fingerprint density at radius 3 is 2.24 bits per heavy atom. The van der Waals surface area contributed by atoms with Crippen LogP contribution in [-0.2, 0) is 30.3 Å². The molecule has 0 spiro atoms. The summed E-state index contributed by atoms with van der Waals surface area (Å²) in [6.07, 6.45) is 2.61. The van der Waals surface area contributed by atoms with Crippen molar-refractivity contribution in [2.75, 3.05) is 13.7 Å². The topological polar surface area (TPSA) is 125 Å². The second-order valence-electron chi connectivity index (χ2n) is 10.5. The maximum atomic E-state index is 13.5. The molecule has 0 aliphatic carbocycles. The van der Waals surface area contributed by atoms with Gasteiger partial charge in [-0.25, -0.2) is 4.79 Å². The molecular formula is C28H41N3O6. The molecule has 3 N–H and O–H groups in total. The molecule has 9 heteroatoms. The Morgan fingerprint density at radius 1 is 1.03 bits per heavy atom. The zero-order valence-electron chi connectivity index (χ0n) is 22.9. The van der Waals surface area contributed by atoms with E-state index in [2.05, 4.69) is 10.6 Å². The van der Waals surface area contributed by atoms with Crippen LogP contribution in [0.5, 0.6) is 5.75 Å². The second kappa shape index (κ2) is 13.3. The van der Waals surface area contributed by atoms with Gasteiger partial charge in [0.2, 0.25) is 17.7 Å². The molecule has 0 saturated carbocycles. The summed E-state index contributed by atoms with van der Waals surface area (Å²) in [4.78, 5) is 53.9. The van der Waals surface area contributed by atoms with Crippen molar-refractivity contribution in [1.82, 2.24) is 15.5 Å². The Bertz CT molecular complexity index is 1000. The van der Waals surface area contributed by atoms with Crippen molar-refractivity contribution in [3.8, 4) is 5.75 Å². The number of nitrogens with one attached hydrogen (secondary N) is 2. The van der Waals surface area contributed by atoms with Crippen LogP contribution in [0.15, 0.2) is 35.9 Å². The third-order valence-electron chi connectivity index (χ3n) is 6.56. The van der Waals surface area contributed by atoms with Crippen LogP contribution in [0.3, 0.4) is 0 Å². The van der Waals surface area contributed by atoms with E-state index in [-0.39, 0.29) is 42.4 Å². The number of phenolic OH excluding ortho intramolecular Hbond substituents is 1. The molecule has 1 aromatic carbocycles. The van der Waals surface area contributed by atoms with Gasteiger partial charge in [-0.2, -0.15) is 0 Å². The fraction of sp³-hybridized carbons (Fsp3) is 0.571. The van der Waals surface area contributed by atoms with Gasteiger partial charge in [0.15, 0.2) is 0 Å². The predicted octanol–water partition coefficient (Wildman–Crippen LogP) is 2.57. The van der Waals surface area contributed by atoms with Crippen LogP contribution in [0.4, 0.5) is 0 Å². The number of likely N-dealkylation sites (N-methyl/N-ethyl adjacent to an activating group) is 1. The number of aromatic hydroxyl groups is 1. The van der Waals surface area contributed by atoms with Gasteiger partial charge in [-0.1, -0.05) is 51.5 Å². The lowest BCUT2D eigenvalue weighted by Crippen LogP contribution is -2.57. The molecule has 0 fully saturated rings. The number of allylic oxidation sites excluding steroid dienone is 1. The van der Waals surface area contributed by atoms with Crippen molar-refractivity contribution >= 4 is 23.7 Å². The van der Waals surface area contributed by atoms with Gasteiger partial charge in [0, 0.05) is 25.3 Å². The molecule has 1 aromatic rings. The number of amides is 3. The minimum atomic E-state index is -0.971. The number of rotatable bonds is 3. The molecule has 2 unspecified atom stereocenters. The van der Waals surface area contributed by atoms with Crippen LogP contribution in [0.1, 0.15) is 53.5 Å². The Hall–Kier alpha value is -3.36. The van der Waals surface area contributed by atoms with E-state index in [1.807, 2.05) is 33.8 Å². The number of hydrogen-bond donors (Lipinski definition) is 3. The number of ether oxygens (including phenoxy) is 1. The molecule has 1 aliphatic rings. The molecule has 3 amide bonds. The minimum Gasteiger partial charge on any atom is -0.508 e. The van der Waals surface area contributed by atoms with Crippen LogP contribution in [0, 0.1) is 17.8 Å². The number of esters is 1. The standard InChI is InChI=1S/C28H41N3O6/c1-16(2)24-28(36)37-15-18(4)12-17(3)13-19(5)25(33)29-20(6)27(35)31(7)23(26(34)30-24)14-21-8-10-22(32)11-9-21/h8-12,16,18-20,23-24,32H,13-15H2,1-7H3,(H,29,33)(H,30,34)/b17-12+/t18-,19-,20+,23?,24?/m1/s1. The summed E-state index contributed by atoms with van der Waals surface area (Å²) >= 11 is 0. The first-order chi connectivity index (χ1) is 17.3. The van der Waals surface area contributed by atoms with E-state index >= 15 is 0 Å². The highest BCUT2D eigenvalue weighted by atomic mass is 16.5. The lowest BCUT2D eigenvalue weighted by Gasteiger charge is -2.32. The number of benzene rings is 1. The number of cyclic esters (lactones) is 1. The van der Waals surface area contributed by atoms with E-state index in [0.717, 1.165) is 5.57 Å². The first-order valence-electron chi connectivity index (χ1n) is 12.8. The van der Waals surface area contributed by atoms with Gasteiger partial charge in [0.25, 0.3) is 0 Å². The highest BCUT2D eigenvalue weighted by molar-refractivity contribution is 5.93. The molecule has 0 saturated heterocycles. The maximum Gasteiger partial charge on any atom is 0.328 e. The van der Waals surface area contributed by atoms with Crippen molar-refractivity contribution in [3.05, 3.63) is 41.5 Å². The first-order valence-corrected chi connectivity index (χ1v) is 12.8. The molecule has 0 radical (unpaired) electrons. The highest BCUT2D eigenvalue weighted by Crippen LogP contribution is 2.18. The molecule has 1 aliphatic heterocycles. The van der Waals surface area contributed by atoms with Crippen LogP contribution in [-0.4, -0.2) is 65.5 Å². The monoisotopic (exact) mass is 515 g/mol. The van der Waals surface area contributed by atoms with Crippen LogP contribution in [0.25, 0.3) is 0 Å². The van der Waals surface area contributed by atoms with E-state index in [1.165, 1.54) is 24.1 Å². The average molecular weight is 516 g/mol. The van der Waals surface area contributed by atoms with Crippen molar-refractivity contribution in [3.63, 3.8) is 0 Å². The zero-order chi connectivity index (χ0) is 27.9. The molecule has 5 atom stereocenters. The Balaban J connectivity index is 2.44. The third kappa shape index (κ3) is 8.61. The number of nitrogens with zero attached hydrogens (tertiary/aromatic N) is 1. The number of carbonyl (C=O) groups excluding carboxylic acids is 4. The van der Waals surface area contributed by atoms with Gasteiger partial charge >= 0.3 is 5.97 Å². The Morgan fingerprint density at radius 2 is 1.65 bits per heavy atom. The van der Waals surface area contributed by atoms with Crippen molar-refractivity contribution in [2.45, 2.75) is 72.5 Å². The number of hydrogen-bond acceptors (Lipinski definition) is 6. The zero-order valence-corrected chi connectivity index (χ0v) is 22.9. The van der Waals surface area contributed by atoms with Crippen LogP contribution < -0.4 is 10.6 Å². The van der Waals surface area contributed by atoms with Gasteiger partial charge in [-0.15, -0.1) is 0 Å². The quantitative estimate of drug-likeness (QED) is 0.420. The summed E-state index contributed by atoms with van der Waals surface area (Å²) in [5, 5.41) is 15.2. The fourth-order valence-electron chi connectivity index (χ4n) is 4.37. The van der Waals surface area contributed by atoms with Crippen molar-refractivity contribution in [1.29, 1.82) is 0 Å². The Labute approximate surface area is 219 Å². The molecular weight excluding hydrogens is 474 g/mol. The summed E-state index contributed by atoms with van der Waals surface area (Å²) in [7, 11) is 1.50. The van der Waals surface area contributed by atoms with Gasteiger partial charge in [-0.05, 0) is 43.9 Å². The van der Waals surface area contributed by atoms with E-state index in [9.17, 15) is 24.3 Å². The summed E-state index contributed by atoms with van der Waals surface area (Å²) in [5.74, 6) is -2.37. The maximum absolute atomic E-state index is 13.5. The lowest BCUT2D eigenvalue weighted by molar-refractivity contribution is -0.151. The molecule has 2 rings (SSSR count). The summed E-state index contributed by atoms with van der Waals surface area (Å²) in [6.45, 7) is 11.0. The molecule has 9 nitrogen and oxygen atoms in total. The van der Waals surface area contributed by atoms with Gasteiger partial charge in [0.1, 0.15) is 23.9 Å². The number of carbonyl (C=O) groups is 4. The average Bonchev–Trinajstić information content (AvgIpc) is 2.83. The van der Waals surface area contributed by atoms with Crippen molar-refractivity contribution < 1.29 is 29.0 Å². The van der Waals surface area contributed by atoms with Crippen LogP contribution >= 0.6 is 0 Å². The summed E-state index contributed by atoms with van der Waals surface area (Å²) < 4.78 is 5.54. The molecule has 0 aromatic heterocycles. The Kier molecular flexibility index (Phi) is 10.7. The largest absolute Gasteiger partial charge is 0.508 e. The van der Waals surface area contributed by atoms with E-state index in [0.29, 0.717) is 12.0 Å². The first kappa shape index (κ1) is 29.9. The molecule has 204 valence electrons. The van der Waals surface area contributed by atoms with E-state index in [4.69, 9.17) is 4.74 Å². The van der Waals surface area contributed by atoms with Gasteiger partial charge in [-0.3, -0.25) is 14.4 Å². The molecule has 0 bridgehead atoms. The normalized spacial score (nSPS) is 28.6. The van der Waals surface area contributed by atoms with Gasteiger partial charge in [0.05, 0.1) is 6.61 Å². The summed E-state index contributed by atoms with van der Waals surface area (Å²) in [5.41, 5.74) is 1.70. The fourth-order valence-corrected chi connectivity index (χ4v) is 4.37. The van der Waals surface area contributed by atoms with Crippen LogP contribution in [0.2, 0.25) is 0 Å². The molecule has 37 heavy (non-hydrogen) atoms. The predicted molar refractivity (Wildman–Crippen MR) is 140 cm³/mol. The minimum absolute atomic E-state index is 0.0766. The third-order valence-corrected chi connectivity index (χ3v) is 6.56. The lowest BCUT2D eigenvalue weighted by atomic mass is 9.98. The molecule has 1 heterocycles. The van der Waals surface area contributed by atoms with Gasteiger partial charge < -0.3 is 25.4 Å². The van der Waals surface area contributed by atoms with E-state index < -0.39 is 35.9 Å². The van der Waals surface area contributed by atoms with E-state index in [1.54, 1.807) is 26.0 Å². The number of phenols is 1. The smallest absolute Gasteiger partial charge is 0.328 e. The summed E-state index contributed by atoms with van der Waals surface area (Å²) in [6, 6.07) is 3.61. The second-order valence-corrected chi connectivity index (χ2v) is 10.5.